The van der Waals surface area contributed by atoms with Crippen LogP contribution >= 0.6 is 0 Å². The zero-order chi connectivity index (χ0) is 29.9. The molecular formula is C30H50O10. The van der Waals surface area contributed by atoms with Crippen LogP contribution in [-0.2, 0) is 37.9 Å². The molecular weight excluding hydrogens is 520 g/mol. The van der Waals surface area contributed by atoms with Gasteiger partial charge in [0.25, 0.3) is 0 Å². The predicted octanol–water partition coefficient (Wildman–Crippen LogP) is 4.47. The fourth-order valence-electron chi connectivity index (χ4n) is 3.36. The first-order chi connectivity index (χ1) is 19.1. The second kappa shape index (κ2) is 20.7. The molecule has 0 spiro atoms. The Kier molecular flexibility index (Phi) is 18.6. The first-order valence-electron chi connectivity index (χ1n) is 14.2. The molecule has 0 radical (unpaired) electrons. The summed E-state index contributed by atoms with van der Waals surface area (Å²) in [4.78, 5) is 25.7. The average molecular weight is 571 g/mol. The standard InChI is InChI=1S/C30H50O10/c1-9-33-15-21(3)35-17-23(5)37-19-25(7)39-29(31)27-13-11-12-14-28(27)30(32)40-26(8)20-38-24(6)18-36-22(4)16-34-10-2/h11-14,21-26H,9-10,15-20H2,1-8H3. The third-order valence-electron chi connectivity index (χ3n) is 5.56. The van der Waals surface area contributed by atoms with Crippen LogP contribution in [-0.4, -0.2) is 101 Å². The fraction of sp³-hybridized carbons (Fsp3) is 0.733. The molecule has 10 heteroatoms. The average Bonchev–Trinajstić information content (AvgIpc) is 2.94. The van der Waals surface area contributed by atoms with Crippen LogP contribution in [0, 0.1) is 0 Å². The monoisotopic (exact) mass is 570 g/mol. The van der Waals surface area contributed by atoms with Crippen LogP contribution in [0.2, 0.25) is 0 Å². The molecule has 0 bridgehead atoms. The van der Waals surface area contributed by atoms with Crippen molar-refractivity contribution in [2.24, 2.45) is 0 Å². The smallest absolute Gasteiger partial charge is 0.339 e. The van der Waals surface area contributed by atoms with Crippen LogP contribution in [0.25, 0.3) is 0 Å². The van der Waals surface area contributed by atoms with E-state index >= 15 is 0 Å². The highest BCUT2D eigenvalue weighted by atomic mass is 16.6. The summed E-state index contributed by atoms with van der Waals surface area (Å²) in [5, 5.41) is 0. The topological polar surface area (TPSA) is 108 Å². The number of carbonyl (C=O) groups excluding carboxylic acids is 2. The van der Waals surface area contributed by atoms with E-state index in [1.54, 1.807) is 26.0 Å². The van der Waals surface area contributed by atoms with Gasteiger partial charge < -0.3 is 37.9 Å². The Hall–Kier alpha value is -2.08. The van der Waals surface area contributed by atoms with E-state index in [1.165, 1.54) is 12.1 Å². The maximum Gasteiger partial charge on any atom is 0.339 e. The van der Waals surface area contributed by atoms with E-state index in [0.717, 1.165) is 0 Å². The molecule has 0 aliphatic heterocycles. The summed E-state index contributed by atoms with van der Waals surface area (Å²) < 4.78 is 44.6. The molecule has 40 heavy (non-hydrogen) atoms. The molecule has 0 aliphatic carbocycles. The predicted molar refractivity (Wildman–Crippen MR) is 151 cm³/mol. The molecule has 0 saturated carbocycles. The van der Waals surface area contributed by atoms with Gasteiger partial charge >= 0.3 is 11.9 Å². The number of carbonyl (C=O) groups is 2. The van der Waals surface area contributed by atoms with Crippen molar-refractivity contribution in [3.05, 3.63) is 35.4 Å². The van der Waals surface area contributed by atoms with Gasteiger partial charge in [-0.2, -0.15) is 0 Å². The molecule has 6 unspecified atom stereocenters. The normalized spacial score (nSPS) is 16.0. The quantitative estimate of drug-likeness (QED) is 0.185. The number of hydrogen-bond donors (Lipinski definition) is 0. The van der Waals surface area contributed by atoms with Crippen molar-refractivity contribution in [3.63, 3.8) is 0 Å². The van der Waals surface area contributed by atoms with Crippen LogP contribution in [0.15, 0.2) is 24.3 Å². The first kappa shape index (κ1) is 35.9. The molecule has 10 nitrogen and oxygen atoms in total. The Labute approximate surface area is 239 Å². The summed E-state index contributed by atoms with van der Waals surface area (Å²) in [6.07, 6.45) is -1.53. The molecule has 0 amide bonds. The lowest BCUT2D eigenvalue weighted by Crippen LogP contribution is -2.29. The molecule has 1 aromatic carbocycles. The Morgan fingerprint density at radius 2 is 0.825 bits per heavy atom. The highest BCUT2D eigenvalue weighted by molar-refractivity contribution is 6.03. The molecule has 0 fully saturated rings. The van der Waals surface area contributed by atoms with Crippen LogP contribution < -0.4 is 0 Å². The summed E-state index contributed by atoms with van der Waals surface area (Å²) in [6.45, 7) is 18.4. The van der Waals surface area contributed by atoms with E-state index in [0.29, 0.717) is 39.6 Å². The van der Waals surface area contributed by atoms with Crippen molar-refractivity contribution in [3.8, 4) is 0 Å². The summed E-state index contributed by atoms with van der Waals surface area (Å²) in [6, 6.07) is 6.40. The molecule has 0 aromatic heterocycles. The molecule has 0 aliphatic rings. The van der Waals surface area contributed by atoms with Crippen molar-refractivity contribution in [1.29, 1.82) is 0 Å². The third kappa shape index (κ3) is 15.6. The molecule has 230 valence electrons. The van der Waals surface area contributed by atoms with Gasteiger partial charge in [0.05, 0.1) is 75.2 Å². The van der Waals surface area contributed by atoms with Gasteiger partial charge in [-0.3, -0.25) is 0 Å². The van der Waals surface area contributed by atoms with Crippen molar-refractivity contribution < 1.29 is 47.5 Å². The van der Waals surface area contributed by atoms with E-state index in [4.69, 9.17) is 37.9 Å². The van der Waals surface area contributed by atoms with Crippen molar-refractivity contribution in [1.82, 2.24) is 0 Å². The van der Waals surface area contributed by atoms with Gasteiger partial charge in [-0.1, -0.05) is 12.1 Å². The van der Waals surface area contributed by atoms with Gasteiger partial charge in [0.2, 0.25) is 0 Å². The van der Waals surface area contributed by atoms with Crippen LogP contribution in [0.4, 0.5) is 0 Å². The minimum Gasteiger partial charge on any atom is -0.457 e. The molecule has 1 aromatic rings. The first-order valence-corrected chi connectivity index (χ1v) is 14.2. The van der Waals surface area contributed by atoms with Crippen LogP contribution in [0.1, 0.15) is 76.1 Å². The minimum atomic E-state index is -0.631. The summed E-state index contributed by atoms with van der Waals surface area (Å²) >= 11 is 0. The van der Waals surface area contributed by atoms with E-state index < -0.39 is 24.1 Å². The number of rotatable bonds is 22. The Morgan fingerprint density at radius 1 is 0.525 bits per heavy atom. The van der Waals surface area contributed by atoms with Crippen LogP contribution in [0.3, 0.4) is 0 Å². The van der Waals surface area contributed by atoms with Gasteiger partial charge in [-0.15, -0.1) is 0 Å². The summed E-state index contributed by atoms with van der Waals surface area (Å²) in [5.41, 5.74) is 0.248. The zero-order valence-electron chi connectivity index (χ0n) is 25.5. The van der Waals surface area contributed by atoms with Crippen molar-refractivity contribution in [2.45, 2.75) is 92.0 Å². The van der Waals surface area contributed by atoms with E-state index in [-0.39, 0.29) is 48.8 Å². The molecule has 1 rings (SSSR count). The Morgan fingerprint density at radius 3 is 1.15 bits per heavy atom. The fourth-order valence-corrected chi connectivity index (χ4v) is 3.36. The SMILES string of the molecule is CCOCC(C)OCC(C)OCC(C)OC(=O)c1ccccc1C(=O)OC(C)COC(C)COC(C)COCC. The second-order valence-electron chi connectivity index (χ2n) is 9.87. The highest BCUT2D eigenvalue weighted by Crippen LogP contribution is 2.15. The van der Waals surface area contributed by atoms with Gasteiger partial charge in [-0.05, 0) is 67.5 Å². The minimum absolute atomic E-state index is 0.0381. The lowest BCUT2D eigenvalue weighted by molar-refractivity contribution is -0.0725. The van der Waals surface area contributed by atoms with Crippen molar-refractivity contribution in [2.75, 3.05) is 52.9 Å². The maximum atomic E-state index is 12.9. The van der Waals surface area contributed by atoms with Gasteiger partial charge in [0, 0.05) is 13.2 Å². The van der Waals surface area contributed by atoms with Gasteiger partial charge in [0.15, 0.2) is 0 Å². The second-order valence-corrected chi connectivity index (χ2v) is 9.87. The van der Waals surface area contributed by atoms with E-state index in [1.807, 2.05) is 41.5 Å². The lowest BCUT2D eigenvalue weighted by atomic mass is 10.1. The van der Waals surface area contributed by atoms with E-state index in [9.17, 15) is 9.59 Å². The van der Waals surface area contributed by atoms with E-state index in [2.05, 4.69) is 0 Å². The molecule has 6 atom stereocenters. The zero-order valence-corrected chi connectivity index (χ0v) is 25.5. The Balaban J connectivity index is 2.50. The highest BCUT2D eigenvalue weighted by Gasteiger charge is 2.23. The molecule has 0 saturated heterocycles. The number of ether oxygens (including phenoxy) is 8. The van der Waals surface area contributed by atoms with Gasteiger partial charge in [-0.25, -0.2) is 9.59 Å². The maximum absolute atomic E-state index is 12.9. The Bertz CT molecular complexity index is 765. The summed E-state index contributed by atoms with van der Waals surface area (Å²) in [7, 11) is 0. The number of esters is 2. The molecule has 0 N–H and O–H groups in total. The van der Waals surface area contributed by atoms with Crippen molar-refractivity contribution >= 4 is 11.9 Å². The lowest BCUT2D eigenvalue weighted by Gasteiger charge is -2.21. The largest absolute Gasteiger partial charge is 0.457 e. The summed E-state index contributed by atoms with van der Waals surface area (Å²) in [5.74, 6) is -1.26. The van der Waals surface area contributed by atoms with Crippen LogP contribution in [0.5, 0.6) is 0 Å². The van der Waals surface area contributed by atoms with Gasteiger partial charge in [0.1, 0.15) is 12.2 Å². The third-order valence-corrected chi connectivity index (χ3v) is 5.56. The number of benzene rings is 1. The molecule has 0 heterocycles. The number of hydrogen-bond acceptors (Lipinski definition) is 10.